The number of nitrogens with one attached hydrogen (secondary N) is 2. The smallest absolute Gasteiger partial charge is 0.265 e. The Hall–Kier alpha value is -2.32. The zero-order valence-corrected chi connectivity index (χ0v) is 16.4. The van der Waals surface area contributed by atoms with Gasteiger partial charge in [-0.05, 0) is 63.8 Å². The van der Waals surface area contributed by atoms with E-state index >= 15 is 0 Å². The molecule has 26 heavy (non-hydrogen) atoms. The highest BCUT2D eigenvalue weighted by Gasteiger charge is 2.20. The molecule has 0 unspecified atom stereocenters. The van der Waals surface area contributed by atoms with Gasteiger partial charge in [0.25, 0.3) is 10.0 Å². The van der Waals surface area contributed by atoms with Gasteiger partial charge in [-0.25, -0.2) is 13.4 Å². The highest BCUT2D eigenvalue weighted by molar-refractivity contribution is 7.92. The third-order valence-electron chi connectivity index (χ3n) is 3.71. The molecule has 0 amide bonds. The van der Waals surface area contributed by atoms with E-state index < -0.39 is 10.0 Å². The van der Waals surface area contributed by atoms with E-state index in [1.807, 2.05) is 21.0 Å². The minimum absolute atomic E-state index is 0.103. The van der Waals surface area contributed by atoms with Gasteiger partial charge in [0.15, 0.2) is 0 Å². The molecule has 0 radical (unpaired) electrons. The van der Waals surface area contributed by atoms with Crippen LogP contribution < -0.4 is 14.8 Å². The second-order valence-corrected chi connectivity index (χ2v) is 7.93. The van der Waals surface area contributed by atoms with Crippen LogP contribution >= 0.6 is 0 Å². The topological polar surface area (TPSA) is 83.6 Å². The number of sulfonamides is 1. The number of ether oxygens (including phenoxy) is 1. The third kappa shape index (κ3) is 5.60. The van der Waals surface area contributed by atoms with Crippen LogP contribution in [0.1, 0.15) is 12.0 Å². The summed E-state index contributed by atoms with van der Waals surface area (Å²) in [7, 11) is 1.74. The predicted octanol–water partition coefficient (Wildman–Crippen LogP) is 2.56. The molecule has 0 atom stereocenters. The Labute approximate surface area is 155 Å². The molecule has 0 fully saturated rings. The fourth-order valence-corrected chi connectivity index (χ4v) is 3.67. The largest absolute Gasteiger partial charge is 0.495 e. The molecule has 0 aliphatic carbocycles. The Morgan fingerprint density at radius 2 is 1.96 bits per heavy atom. The number of pyridine rings is 1. The van der Waals surface area contributed by atoms with Crippen molar-refractivity contribution in [1.29, 1.82) is 0 Å². The van der Waals surface area contributed by atoms with Gasteiger partial charge in [-0.2, -0.15) is 0 Å². The van der Waals surface area contributed by atoms with Crippen molar-refractivity contribution in [3.63, 3.8) is 0 Å². The molecule has 0 bridgehead atoms. The van der Waals surface area contributed by atoms with E-state index in [9.17, 15) is 8.42 Å². The first-order valence-electron chi connectivity index (χ1n) is 8.34. The Morgan fingerprint density at radius 3 is 2.58 bits per heavy atom. The summed E-state index contributed by atoms with van der Waals surface area (Å²) in [6.45, 7) is 3.62. The maximum absolute atomic E-state index is 12.7. The van der Waals surface area contributed by atoms with E-state index in [4.69, 9.17) is 4.74 Å². The Balaban J connectivity index is 2.05. The quantitative estimate of drug-likeness (QED) is 0.653. The number of rotatable bonds is 9. The summed E-state index contributed by atoms with van der Waals surface area (Å²) < 4.78 is 33.0. The first kappa shape index (κ1) is 20.0. The van der Waals surface area contributed by atoms with Gasteiger partial charge in [0.2, 0.25) is 0 Å². The van der Waals surface area contributed by atoms with Crippen LogP contribution in [-0.2, 0) is 10.0 Å². The SMILES string of the molecule is COc1ccc(C)cc1S(=O)(=O)Nc1ccc(NCCCN(C)C)nc1. The molecule has 1 heterocycles. The second-order valence-electron chi connectivity index (χ2n) is 6.28. The van der Waals surface area contributed by atoms with Crippen LogP contribution in [0.4, 0.5) is 11.5 Å². The maximum atomic E-state index is 12.7. The van der Waals surface area contributed by atoms with Crippen molar-refractivity contribution in [2.75, 3.05) is 44.3 Å². The summed E-state index contributed by atoms with van der Waals surface area (Å²) in [5, 5.41) is 3.21. The molecule has 2 rings (SSSR count). The van der Waals surface area contributed by atoms with Crippen molar-refractivity contribution < 1.29 is 13.2 Å². The van der Waals surface area contributed by atoms with Crippen molar-refractivity contribution in [3.8, 4) is 5.75 Å². The fraction of sp³-hybridized carbons (Fsp3) is 0.389. The monoisotopic (exact) mass is 378 g/mol. The van der Waals surface area contributed by atoms with Crippen molar-refractivity contribution >= 4 is 21.5 Å². The molecule has 0 aliphatic heterocycles. The molecule has 7 nitrogen and oxygen atoms in total. The number of methoxy groups -OCH3 is 1. The second kappa shape index (κ2) is 8.86. The summed E-state index contributed by atoms with van der Waals surface area (Å²) in [4.78, 5) is 6.47. The van der Waals surface area contributed by atoms with Crippen molar-refractivity contribution in [1.82, 2.24) is 9.88 Å². The van der Waals surface area contributed by atoms with E-state index in [1.165, 1.54) is 13.3 Å². The van der Waals surface area contributed by atoms with Crippen LogP contribution in [0.2, 0.25) is 0 Å². The lowest BCUT2D eigenvalue weighted by molar-refractivity contribution is 0.402. The van der Waals surface area contributed by atoms with Gasteiger partial charge < -0.3 is 15.0 Å². The summed E-state index contributed by atoms with van der Waals surface area (Å²) in [6, 6.07) is 8.45. The average Bonchev–Trinajstić information content (AvgIpc) is 2.59. The molecule has 0 spiro atoms. The fourth-order valence-electron chi connectivity index (χ4n) is 2.37. The standard InChI is InChI=1S/C18H26N4O3S/c1-14-6-8-16(25-4)17(12-14)26(23,24)21-15-7-9-18(20-13-15)19-10-5-11-22(2)3/h6-9,12-13,21H,5,10-11H2,1-4H3,(H,19,20). The summed E-state index contributed by atoms with van der Waals surface area (Å²) in [5.74, 6) is 1.01. The molecule has 2 aromatic rings. The highest BCUT2D eigenvalue weighted by atomic mass is 32.2. The molecule has 0 saturated carbocycles. The number of anilines is 2. The first-order chi connectivity index (χ1) is 12.3. The minimum Gasteiger partial charge on any atom is -0.495 e. The molecule has 1 aromatic carbocycles. The first-order valence-corrected chi connectivity index (χ1v) is 9.82. The van der Waals surface area contributed by atoms with E-state index in [-0.39, 0.29) is 4.90 Å². The van der Waals surface area contributed by atoms with E-state index in [1.54, 1.807) is 30.3 Å². The van der Waals surface area contributed by atoms with Gasteiger partial charge >= 0.3 is 0 Å². The van der Waals surface area contributed by atoms with E-state index in [0.717, 1.165) is 25.1 Å². The van der Waals surface area contributed by atoms with Crippen LogP contribution in [0.15, 0.2) is 41.4 Å². The zero-order valence-electron chi connectivity index (χ0n) is 15.6. The Bertz CT molecular complexity index is 821. The van der Waals surface area contributed by atoms with Crippen molar-refractivity contribution in [3.05, 3.63) is 42.1 Å². The minimum atomic E-state index is -3.76. The lowest BCUT2D eigenvalue weighted by Gasteiger charge is -2.13. The number of aromatic nitrogens is 1. The average molecular weight is 378 g/mol. The van der Waals surface area contributed by atoms with Crippen LogP contribution in [0.25, 0.3) is 0 Å². The summed E-state index contributed by atoms with van der Waals surface area (Å²) in [6.07, 6.45) is 2.49. The molecule has 0 aliphatic rings. The molecule has 1 aromatic heterocycles. The van der Waals surface area contributed by atoms with E-state index in [2.05, 4.69) is 19.9 Å². The van der Waals surface area contributed by atoms with Crippen LogP contribution in [0.5, 0.6) is 5.75 Å². The number of aryl methyl sites for hydroxylation is 1. The third-order valence-corrected chi connectivity index (χ3v) is 5.12. The Morgan fingerprint density at radius 1 is 1.19 bits per heavy atom. The lowest BCUT2D eigenvalue weighted by atomic mass is 10.2. The van der Waals surface area contributed by atoms with Crippen molar-refractivity contribution in [2.24, 2.45) is 0 Å². The molecule has 8 heteroatoms. The van der Waals surface area contributed by atoms with Gasteiger partial charge in [0.1, 0.15) is 16.5 Å². The zero-order chi connectivity index (χ0) is 19.2. The predicted molar refractivity (Wildman–Crippen MR) is 104 cm³/mol. The van der Waals surface area contributed by atoms with Gasteiger partial charge in [0, 0.05) is 6.54 Å². The number of nitrogens with zero attached hydrogens (tertiary/aromatic N) is 2. The van der Waals surface area contributed by atoms with Gasteiger partial charge in [-0.3, -0.25) is 4.72 Å². The highest BCUT2D eigenvalue weighted by Crippen LogP contribution is 2.26. The molecular formula is C18H26N4O3S. The molecule has 142 valence electrons. The van der Waals surface area contributed by atoms with Gasteiger partial charge in [-0.1, -0.05) is 6.07 Å². The number of benzene rings is 1. The molecular weight excluding hydrogens is 352 g/mol. The van der Waals surface area contributed by atoms with Gasteiger partial charge in [-0.15, -0.1) is 0 Å². The van der Waals surface area contributed by atoms with Crippen molar-refractivity contribution in [2.45, 2.75) is 18.2 Å². The Kier molecular flexibility index (Phi) is 6.82. The van der Waals surface area contributed by atoms with Crippen LogP contribution in [-0.4, -0.2) is 52.6 Å². The summed E-state index contributed by atoms with van der Waals surface area (Å²) >= 11 is 0. The van der Waals surface area contributed by atoms with E-state index in [0.29, 0.717) is 17.3 Å². The van der Waals surface area contributed by atoms with Crippen LogP contribution in [0, 0.1) is 6.92 Å². The lowest BCUT2D eigenvalue weighted by Crippen LogP contribution is -2.17. The van der Waals surface area contributed by atoms with Gasteiger partial charge in [0.05, 0.1) is 19.0 Å². The normalized spacial score (nSPS) is 11.4. The van der Waals surface area contributed by atoms with Crippen LogP contribution in [0.3, 0.4) is 0 Å². The number of hydrogen-bond donors (Lipinski definition) is 2. The molecule has 0 saturated heterocycles. The maximum Gasteiger partial charge on any atom is 0.265 e. The molecule has 2 N–H and O–H groups in total. The summed E-state index contributed by atoms with van der Waals surface area (Å²) in [5.41, 5.74) is 1.23. The number of hydrogen-bond acceptors (Lipinski definition) is 6.